The molecule has 0 atom stereocenters. The van der Waals surface area contributed by atoms with E-state index in [2.05, 4.69) is 21.6 Å². The molecule has 3 aliphatic rings. The summed E-state index contributed by atoms with van der Waals surface area (Å²) in [7, 11) is 0. The van der Waals surface area contributed by atoms with E-state index >= 15 is 0 Å². The number of aromatic nitrogens is 2. The van der Waals surface area contributed by atoms with E-state index in [4.69, 9.17) is 4.74 Å². The molecule has 1 fully saturated rings. The number of hydrogen-bond donors (Lipinski definition) is 2. The van der Waals surface area contributed by atoms with Gasteiger partial charge in [0, 0.05) is 42.1 Å². The van der Waals surface area contributed by atoms with Crippen molar-refractivity contribution < 1.29 is 9.53 Å². The van der Waals surface area contributed by atoms with Crippen LogP contribution in [0.1, 0.15) is 49.9 Å². The largest absolute Gasteiger partial charge is 0.370 e. The Bertz CT molecular complexity index is 856. The first-order valence-corrected chi connectivity index (χ1v) is 10.3. The highest BCUT2D eigenvalue weighted by molar-refractivity contribution is 7.14. The summed E-state index contributed by atoms with van der Waals surface area (Å²) >= 11 is 1.68. The predicted octanol–water partition coefficient (Wildman–Crippen LogP) is 2.55. The summed E-state index contributed by atoms with van der Waals surface area (Å²) in [5.41, 5.74) is 4.47. The standard InChI is InChI=1S/C19H24N4O2S.ClH/c1-12-13-11-23(8-2-15(13)22-21-12)18(24)17-10-14-16(26-17)3-9-25-19(14)4-6-20-7-5-19;/h10,20H,2-9,11H2,1H3,(H,21,22);1H. The van der Waals surface area contributed by atoms with Crippen LogP contribution in [0.15, 0.2) is 6.07 Å². The Kier molecular flexibility index (Phi) is 5.05. The van der Waals surface area contributed by atoms with Crippen molar-refractivity contribution in [1.29, 1.82) is 0 Å². The van der Waals surface area contributed by atoms with Crippen LogP contribution in [0.5, 0.6) is 0 Å². The number of amides is 1. The molecule has 3 aliphatic heterocycles. The van der Waals surface area contributed by atoms with Crippen LogP contribution in [0.25, 0.3) is 0 Å². The molecule has 0 bridgehead atoms. The van der Waals surface area contributed by atoms with Gasteiger partial charge in [0.25, 0.3) is 5.91 Å². The number of piperidine rings is 1. The first-order valence-electron chi connectivity index (χ1n) is 9.46. The van der Waals surface area contributed by atoms with Crippen LogP contribution in [0.3, 0.4) is 0 Å². The highest BCUT2D eigenvalue weighted by atomic mass is 35.5. The number of aryl methyl sites for hydroxylation is 1. The smallest absolute Gasteiger partial charge is 0.264 e. The third-order valence-electron chi connectivity index (χ3n) is 6.04. The van der Waals surface area contributed by atoms with Crippen molar-refractivity contribution in [2.45, 2.75) is 44.8 Å². The van der Waals surface area contributed by atoms with Crippen LogP contribution in [0, 0.1) is 6.92 Å². The van der Waals surface area contributed by atoms with Gasteiger partial charge in [0.2, 0.25) is 0 Å². The summed E-state index contributed by atoms with van der Waals surface area (Å²) in [4.78, 5) is 17.4. The Morgan fingerprint density at radius 1 is 1.33 bits per heavy atom. The van der Waals surface area contributed by atoms with Gasteiger partial charge in [-0.25, -0.2) is 0 Å². The summed E-state index contributed by atoms with van der Waals surface area (Å²) in [6.07, 6.45) is 3.74. The molecule has 1 saturated heterocycles. The number of carbonyl (C=O) groups is 1. The Hall–Kier alpha value is -1.41. The van der Waals surface area contributed by atoms with Crippen molar-refractivity contribution in [2.24, 2.45) is 0 Å². The fourth-order valence-corrected chi connectivity index (χ4v) is 5.72. The zero-order valence-electron chi connectivity index (χ0n) is 15.5. The molecule has 0 saturated carbocycles. The lowest BCUT2D eigenvalue weighted by molar-refractivity contribution is -0.0792. The summed E-state index contributed by atoms with van der Waals surface area (Å²) in [5, 5.41) is 10.8. The number of aromatic amines is 1. The first-order chi connectivity index (χ1) is 12.7. The number of ether oxygens (including phenoxy) is 1. The number of fused-ring (bicyclic) bond motifs is 3. The minimum atomic E-state index is -0.177. The molecule has 1 amide bonds. The van der Waals surface area contributed by atoms with E-state index in [1.807, 2.05) is 11.8 Å². The molecule has 27 heavy (non-hydrogen) atoms. The van der Waals surface area contributed by atoms with Crippen LogP contribution in [-0.4, -0.2) is 47.2 Å². The number of H-pyrrole nitrogens is 1. The second-order valence-electron chi connectivity index (χ2n) is 7.54. The van der Waals surface area contributed by atoms with Gasteiger partial charge in [-0.1, -0.05) is 0 Å². The summed E-state index contributed by atoms with van der Waals surface area (Å²) in [5.74, 6) is 0.153. The van der Waals surface area contributed by atoms with E-state index < -0.39 is 0 Å². The molecule has 0 radical (unpaired) electrons. The number of halogens is 1. The Labute approximate surface area is 169 Å². The quantitative estimate of drug-likeness (QED) is 0.760. The maximum absolute atomic E-state index is 13.2. The van der Waals surface area contributed by atoms with Gasteiger partial charge in [-0.05, 0) is 44.5 Å². The molecule has 2 aromatic heterocycles. The van der Waals surface area contributed by atoms with Crippen LogP contribution < -0.4 is 5.32 Å². The van der Waals surface area contributed by atoms with E-state index in [1.165, 1.54) is 16.0 Å². The number of carbonyl (C=O) groups excluding carboxylic acids is 1. The predicted molar refractivity (Wildman–Crippen MR) is 107 cm³/mol. The van der Waals surface area contributed by atoms with Gasteiger partial charge < -0.3 is 15.0 Å². The topological polar surface area (TPSA) is 70.2 Å². The lowest BCUT2D eigenvalue weighted by Crippen LogP contribution is -2.44. The molecule has 5 heterocycles. The van der Waals surface area contributed by atoms with Crippen LogP contribution in [-0.2, 0) is 29.7 Å². The molecule has 146 valence electrons. The number of rotatable bonds is 1. The van der Waals surface area contributed by atoms with Crippen molar-refractivity contribution >= 4 is 29.7 Å². The normalized spacial score (nSPS) is 20.7. The summed E-state index contributed by atoms with van der Waals surface area (Å²) < 4.78 is 6.25. The minimum absolute atomic E-state index is 0. The van der Waals surface area contributed by atoms with Gasteiger partial charge in [0.05, 0.1) is 22.8 Å². The zero-order valence-corrected chi connectivity index (χ0v) is 17.1. The molecule has 8 heteroatoms. The van der Waals surface area contributed by atoms with Gasteiger partial charge in [0.15, 0.2) is 0 Å². The van der Waals surface area contributed by atoms with Crippen molar-refractivity contribution in [1.82, 2.24) is 20.4 Å². The maximum Gasteiger partial charge on any atom is 0.264 e. The minimum Gasteiger partial charge on any atom is -0.370 e. The van der Waals surface area contributed by atoms with Gasteiger partial charge in [-0.2, -0.15) is 5.10 Å². The van der Waals surface area contributed by atoms with E-state index in [0.29, 0.717) is 6.54 Å². The van der Waals surface area contributed by atoms with Crippen molar-refractivity contribution in [3.05, 3.63) is 38.3 Å². The molecular weight excluding hydrogens is 384 g/mol. The Morgan fingerprint density at radius 3 is 2.96 bits per heavy atom. The van der Waals surface area contributed by atoms with Gasteiger partial charge in [-0.3, -0.25) is 9.89 Å². The Morgan fingerprint density at radius 2 is 2.15 bits per heavy atom. The average Bonchev–Trinajstić information content (AvgIpc) is 3.27. The maximum atomic E-state index is 13.2. The van der Waals surface area contributed by atoms with Gasteiger partial charge >= 0.3 is 0 Å². The molecular formula is C19H25ClN4O2S. The fraction of sp³-hybridized carbons (Fsp3) is 0.579. The molecule has 0 aliphatic carbocycles. The van der Waals surface area contributed by atoms with Gasteiger partial charge in [-0.15, -0.1) is 23.7 Å². The molecule has 5 rings (SSSR count). The number of thiophene rings is 1. The molecule has 2 aromatic rings. The molecule has 0 unspecified atom stereocenters. The van der Waals surface area contributed by atoms with Crippen LogP contribution >= 0.6 is 23.7 Å². The van der Waals surface area contributed by atoms with E-state index in [-0.39, 0.29) is 23.9 Å². The number of hydrogen-bond acceptors (Lipinski definition) is 5. The highest BCUT2D eigenvalue weighted by Crippen LogP contribution is 2.43. The second-order valence-corrected chi connectivity index (χ2v) is 8.68. The molecule has 1 spiro atoms. The van der Waals surface area contributed by atoms with Crippen LogP contribution in [0.2, 0.25) is 0 Å². The molecule has 6 nitrogen and oxygen atoms in total. The first kappa shape index (κ1) is 18.9. The fourth-order valence-electron chi connectivity index (χ4n) is 4.53. The van der Waals surface area contributed by atoms with Crippen LogP contribution in [0.4, 0.5) is 0 Å². The lowest BCUT2D eigenvalue weighted by atomic mass is 9.83. The molecule has 0 aromatic carbocycles. The average molecular weight is 409 g/mol. The van der Waals surface area contributed by atoms with E-state index in [9.17, 15) is 4.79 Å². The third-order valence-corrected chi connectivity index (χ3v) is 7.23. The lowest BCUT2D eigenvalue weighted by Gasteiger charge is -2.40. The monoisotopic (exact) mass is 408 g/mol. The summed E-state index contributed by atoms with van der Waals surface area (Å²) in [6, 6.07) is 2.13. The van der Waals surface area contributed by atoms with E-state index in [0.717, 1.165) is 68.2 Å². The van der Waals surface area contributed by atoms with E-state index in [1.54, 1.807) is 11.3 Å². The van der Waals surface area contributed by atoms with Crippen molar-refractivity contribution in [2.75, 3.05) is 26.2 Å². The van der Waals surface area contributed by atoms with Gasteiger partial charge in [0.1, 0.15) is 0 Å². The summed E-state index contributed by atoms with van der Waals surface area (Å²) in [6.45, 7) is 6.15. The second kappa shape index (κ2) is 7.20. The zero-order chi connectivity index (χ0) is 17.7. The molecule has 2 N–H and O–H groups in total. The van der Waals surface area contributed by atoms with Crippen molar-refractivity contribution in [3.63, 3.8) is 0 Å². The Balaban J connectivity index is 0.00000180. The number of nitrogens with one attached hydrogen (secondary N) is 2. The highest BCUT2D eigenvalue weighted by Gasteiger charge is 2.41. The number of nitrogens with zero attached hydrogens (tertiary/aromatic N) is 2. The third kappa shape index (κ3) is 3.10. The SMILES string of the molecule is Cc1[nH]nc2c1CN(C(=O)c1cc3c(s1)CCOC31CCNCC1)CC2.Cl. The van der Waals surface area contributed by atoms with Crippen molar-refractivity contribution in [3.8, 4) is 0 Å².